The summed E-state index contributed by atoms with van der Waals surface area (Å²) in [5, 5.41) is 13.8. The third kappa shape index (κ3) is 7.57. The number of nitrogens with two attached hydrogens (primary N) is 1. The van der Waals surface area contributed by atoms with Gasteiger partial charge in [0, 0.05) is 25.7 Å². The predicted octanol–water partition coefficient (Wildman–Crippen LogP) is 4.86. The minimum Gasteiger partial charge on any atom is -0.472 e. The minimum absolute atomic E-state index is 0.0644. The Bertz CT molecular complexity index is 1190. The van der Waals surface area contributed by atoms with Crippen LogP contribution in [0.15, 0.2) is 42.6 Å². The van der Waals surface area contributed by atoms with Crippen molar-refractivity contribution in [3.8, 4) is 11.9 Å². The highest BCUT2D eigenvalue weighted by atomic mass is 19.1. The molecule has 2 N–H and O–H groups in total. The van der Waals surface area contributed by atoms with Gasteiger partial charge < -0.3 is 20.1 Å². The maximum atomic E-state index is 14.4. The Morgan fingerprint density at radius 3 is 2.72 bits per heavy atom. The summed E-state index contributed by atoms with van der Waals surface area (Å²) >= 11 is 0. The Morgan fingerprint density at radius 2 is 2.03 bits per heavy atom. The molecule has 2 aromatic heterocycles. The van der Waals surface area contributed by atoms with E-state index in [4.69, 9.17) is 20.5 Å². The molecule has 0 aliphatic carbocycles. The monoisotopic (exact) mass is 496 g/mol. The summed E-state index contributed by atoms with van der Waals surface area (Å²) in [5.74, 6) is 0.693. The van der Waals surface area contributed by atoms with Gasteiger partial charge in [-0.2, -0.15) is 10.4 Å². The zero-order valence-corrected chi connectivity index (χ0v) is 21.0. The lowest BCUT2D eigenvalue weighted by atomic mass is 10.2. The van der Waals surface area contributed by atoms with Gasteiger partial charge in [-0.3, -0.25) is 4.68 Å². The lowest BCUT2D eigenvalue weighted by molar-refractivity contribution is 0.0196. The number of halogens is 1. The third-order valence-electron chi connectivity index (χ3n) is 5.31. The molecule has 1 aromatic carbocycles. The second-order valence-electron chi connectivity index (χ2n) is 9.47. The average Bonchev–Trinajstić information content (AvgIpc) is 3.16. The molecule has 0 saturated carbocycles. The van der Waals surface area contributed by atoms with Crippen molar-refractivity contribution < 1.29 is 18.7 Å². The first-order chi connectivity index (χ1) is 17.2. The fraction of sp³-hybridized carbons (Fsp3) is 0.462. The van der Waals surface area contributed by atoms with Gasteiger partial charge in [0.25, 0.3) is 0 Å². The SMILES string of the molecule is CC(C)(C)OC(=O)N(CCCn1nc(N)c2c(OCc3ccccc3)nccc21)C[C@@H](F)CCC#N. The van der Waals surface area contributed by atoms with Gasteiger partial charge in [0.1, 0.15) is 23.8 Å². The highest BCUT2D eigenvalue weighted by molar-refractivity contribution is 5.93. The zero-order chi connectivity index (χ0) is 26.1. The molecule has 0 radical (unpaired) electrons. The Hall–Kier alpha value is -3.87. The molecular weight excluding hydrogens is 463 g/mol. The van der Waals surface area contributed by atoms with Gasteiger partial charge in [0.2, 0.25) is 5.88 Å². The molecule has 0 unspecified atom stereocenters. The molecule has 1 amide bonds. The van der Waals surface area contributed by atoms with Crippen molar-refractivity contribution in [1.82, 2.24) is 19.7 Å². The van der Waals surface area contributed by atoms with Crippen molar-refractivity contribution in [1.29, 1.82) is 5.26 Å². The summed E-state index contributed by atoms with van der Waals surface area (Å²) in [6, 6.07) is 13.5. The number of fused-ring (bicyclic) bond motifs is 1. The number of benzene rings is 1. The number of nitrogen functional groups attached to an aromatic ring is 1. The number of carbonyl (C=O) groups is 1. The number of ether oxygens (including phenoxy) is 2. The molecule has 3 aromatic rings. The number of nitrogens with zero attached hydrogens (tertiary/aromatic N) is 5. The molecule has 10 heteroatoms. The van der Waals surface area contributed by atoms with Crippen LogP contribution in [0.3, 0.4) is 0 Å². The number of amides is 1. The van der Waals surface area contributed by atoms with Crippen LogP contribution in [0.4, 0.5) is 15.0 Å². The van der Waals surface area contributed by atoms with Crippen LogP contribution in [0.5, 0.6) is 5.88 Å². The molecule has 9 nitrogen and oxygen atoms in total. The van der Waals surface area contributed by atoms with E-state index in [0.29, 0.717) is 36.7 Å². The van der Waals surface area contributed by atoms with Crippen LogP contribution in [0.2, 0.25) is 0 Å². The normalized spacial score (nSPS) is 12.2. The van der Waals surface area contributed by atoms with E-state index in [1.165, 1.54) is 4.90 Å². The summed E-state index contributed by atoms with van der Waals surface area (Å²) in [6.45, 7) is 6.18. The molecule has 0 aliphatic rings. The fourth-order valence-corrected chi connectivity index (χ4v) is 3.68. The maximum absolute atomic E-state index is 14.4. The first-order valence-corrected chi connectivity index (χ1v) is 11.9. The van der Waals surface area contributed by atoms with E-state index in [2.05, 4.69) is 10.1 Å². The number of rotatable bonds is 11. The number of nitriles is 1. The van der Waals surface area contributed by atoms with Crippen LogP contribution < -0.4 is 10.5 Å². The van der Waals surface area contributed by atoms with Crippen molar-refractivity contribution in [2.24, 2.45) is 0 Å². The highest BCUT2D eigenvalue weighted by Gasteiger charge is 2.24. The van der Waals surface area contributed by atoms with E-state index in [1.54, 1.807) is 37.7 Å². The number of hydrogen-bond acceptors (Lipinski definition) is 7. The lowest BCUT2D eigenvalue weighted by Gasteiger charge is -2.28. The molecule has 0 bridgehead atoms. The van der Waals surface area contributed by atoms with Crippen LogP contribution in [0, 0.1) is 11.3 Å². The second kappa shape index (κ2) is 12.2. The third-order valence-corrected chi connectivity index (χ3v) is 5.31. The number of carbonyl (C=O) groups excluding carboxylic acids is 1. The van der Waals surface area contributed by atoms with Crippen molar-refractivity contribution in [2.75, 3.05) is 18.8 Å². The molecule has 0 saturated heterocycles. The van der Waals surface area contributed by atoms with Crippen molar-refractivity contribution in [3.63, 3.8) is 0 Å². The molecule has 1 atom stereocenters. The van der Waals surface area contributed by atoms with Crippen LogP contribution >= 0.6 is 0 Å². The van der Waals surface area contributed by atoms with Crippen LogP contribution in [-0.4, -0.2) is 50.6 Å². The van der Waals surface area contributed by atoms with Gasteiger partial charge in [-0.25, -0.2) is 14.2 Å². The van der Waals surface area contributed by atoms with E-state index >= 15 is 0 Å². The van der Waals surface area contributed by atoms with Gasteiger partial charge in [0.05, 0.1) is 18.1 Å². The van der Waals surface area contributed by atoms with Crippen LogP contribution in [0.1, 0.15) is 45.6 Å². The highest BCUT2D eigenvalue weighted by Crippen LogP contribution is 2.29. The van der Waals surface area contributed by atoms with E-state index in [0.717, 1.165) is 11.1 Å². The molecule has 3 rings (SSSR count). The van der Waals surface area contributed by atoms with Gasteiger partial charge in [0.15, 0.2) is 5.82 Å². The molecule has 0 fully saturated rings. The quantitative estimate of drug-likeness (QED) is 0.402. The largest absolute Gasteiger partial charge is 0.472 e. The molecule has 0 aliphatic heterocycles. The lowest BCUT2D eigenvalue weighted by Crippen LogP contribution is -2.41. The summed E-state index contributed by atoms with van der Waals surface area (Å²) in [5.41, 5.74) is 7.25. The Morgan fingerprint density at radius 1 is 1.28 bits per heavy atom. The van der Waals surface area contributed by atoms with Crippen LogP contribution in [0.25, 0.3) is 10.9 Å². The Labute approximate surface area is 210 Å². The molecule has 2 heterocycles. The number of hydrogen-bond donors (Lipinski definition) is 1. The first kappa shape index (κ1) is 26.7. The minimum atomic E-state index is -1.31. The topological polar surface area (TPSA) is 119 Å². The fourth-order valence-electron chi connectivity index (χ4n) is 3.68. The summed E-state index contributed by atoms with van der Waals surface area (Å²) < 4.78 is 27.5. The standard InChI is InChI=1S/C26H33FN6O3/c1-26(2,3)36-25(34)32(17-20(27)11-7-13-28)15-8-16-33-21-12-14-30-24(22(21)23(29)31-33)35-18-19-9-5-4-6-10-19/h4-6,9-10,12,14,20H,7-8,11,15-18H2,1-3H3,(H2,29,31)/t20-/m0/s1. The summed E-state index contributed by atoms with van der Waals surface area (Å²) in [7, 11) is 0. The van der Waals surface area contributed by atoms with E-state index in [-0.39, 0.29) is 25.9 Å². The number of alkyl halides is 1. The molecule has 192 valence electrons. The summed E-state index contributed by atoms with van der Waals surface area (Å²) in [6.07, 6.45) is 0.375. The Balaban J connectivity index is 1.69. The summed E-state index contributed by atoms with van der Waals surface area (Å²) in [4.78, 5) is 18.3. The number of pyridine rings is 1. The van der Waals surface area contributed by atoms with Crippen LogP contribution in [-0.2, 0) is 17.9 Å². The molecule has 0 spiro atoms. The van der Waals surface area contributed by atoms with Crippen molar-refractivity contribution >= 4 is 22.8 Å². The van der Waals surface area contributed by atoms with Gasteiger partial charge in [-0.15, -0.1) is 0 Å². The smallest absolute Gasteiger partial charge is 0.410 e. The van der Waals surface area contributed by atoms with Gasteiger partial charge >= 0.3 is 6.09 Å². The Kier molecular flexibility index (Phi) is 9.06. The molecule has 36 heavy (non-hydrogen) atoms. The zero-order valence-electron chi connectivity index (χ0n) is 21.0. The average molecular weight is 497 g/mol. The van der Waals surface area contributed by atoms with E-state index in [9.17, 15) is 9.18 Å². The predicted molar refractivity (Wildman–Crippen MR) is 135 cm³/mol. The van der Waals surface area contributed by atoms with Crippen molar-refractivity contribution in [3.05, 3.63) is 48.2 Å². The maximum Gasteiger partial charge on any atom is 0.410 e. The van der Waals surface area contributed by atoms with Crippen molar-refractivity contribution in [2.45, 2.75) is 65.0 Å². The first-order valence-electron chi connectivity index (χ1n) is 11.9. The number of anilines is 1. The number of aromatic nitrogens is 3. The van der Waals surface area contributed by atoms with E-state index < -0.39 is 17.9 Å². The van der Waals surface area contributed by atoms with Gasteiger partial charge in [-0.1, -0.05) is 30.3 Å². The molecular formula is C26H33FN6O3. The second-order valence-corrected chi connectivity index (χ2v) is 9.47. The van der Waals surface area contributed by atoms with Gasteiger partial charge in [-0.05, 0) is 45.2 Å². The number of aryl methyl sites for hydroxylation is 1. The van der Waals surface area contributed by atoms with E-state index in [1.807, 2.05) is 36.4 Å².